The van der Waals surface area contributed by atoms with E-state index in [1.807, 2.05) is 0 Å². The van der Waals surface area contributed by atoms with Crippen LogP contribution in [0.3, 0.4) is 0 Å². The third-order valence-corrected chi connectivity index (χ3v) is 1.24. The number of ether oxygens (including phenoxy) is 1. The molecule has 0 aliphatic heterocycles. The van der Waals surface area contributed by atoms with E-state index in [-0.39, 0.29) is 0 Å². The van der Waals surface area contributed by atoms with E-state index in [0.29, 0.717) is 0 Å². The number of carbonyl (C=O) groups excluding carboxylic acids is 1. The van der Waals surface area contributed by atoms with Crippen LogP contribution in [0, 0.1) is 0 Å². The second-order valence-electron chi connectivity index (χ2n) is 2.99. The first kappa shape index (κ1) is 12.1. The molecule has 0 aliphatic carbocycles. The van der Waals surface area contributed by atoms with Gasteiger partial charge in [-0.05, 0) is 20.8 Å². The highest BCUT2D eigenvalue weighted by atomic mass is 16.7. The van der Waals surface area contributed by atoms with Crippen LogP contribution in [0.2, 0.25) is 0 Å². The van der Waals surface area contributed by atoms with Crippen molar-refractivity contribution in [1.82, 2.24) is 0 Å². The predicted octanol–water partition coefficient (Wildman–Crippen LogP) is -0.485. The average molecular weight is 190 g/mol. The van der Waals surface area contributed by atoms with Gasteiger partial charge in [0.25, 0.3) is 0 Å². The zero-order valence-electron chi connectivity index (χ0n) is 7.81. The topological polar surface area (TPSA) is 87.0 Å². The van der Waals surface area contributed by atoms with Crippen LogP contribution in [-0.4, -0.2) is 33.4 Å². The Balaban J connectivity index is 4.16. The van der Waals surface area contributed by atoms with Gasteiger partial charge in [-0.15, -0.1) is 0 Å². The smallest absolute Gasteiger partial charge is 0.331 e. The van der Waals surface area contributed by atoms with Crippen molar-refractivity contribution in [3.05, 3.63) is 11.6 Å². The van der Waals surface area contributed by atoms with Crippen LogP contribution < -0.4 is 0 Å². The lowest BCUT2D eigenvalue weighted by atomic mass is 10.3. The number of allylic oxidation sites excluding steroid dienone is 1. The molecule has 0 aromatic rings. The van der Waals surface area contributed by atoms with Crippen LogP contribution in [-0.2, 0) is 9.53 Å². The van der Waals surface area contributed by atoms with Crippen molar-refractivity contribution < 1.29 is 24.9 Å². The highest BCUT2D eigenvalue weighted by Gasteiger charge is 2.30. The van der Waals surface area contributed by atoms with E-state index in [9.17, 15) is 4.79 Å². The molecule has 3 N–H and O–H groups in total. The molecule has 0 saturated heterocycles. The van der Waals surface area contributed by atoms with Gasteiger partial charge >= 0.3 is 11.9 Å². The number of hydrogen-bond acceptors (Lipinski definition) is 5. The van der Waals surface area contributed by atoms with Gasteiger partial charge in [0.1, 0.15) is 0 Å². The first-order chi connectivity index (χ1) is 5.73. The largest absolute Gasteiger partial charge is 0.451 e. The standard InChI is InChI=1S/C8H14O5/c1-5(2)4-7(9)13-6(3)8(10,11)12/h4,6,10-12H,1-3H3. The fraction of sp³-hybridized carbons (Fsp3) is 0.625. The van der Waals surface area contributed by atoms with E-state index in [1.54, 1.807) is 13.8 Å². The van der Waals surface area contributed by atoms with E-state index in [2.05, 4.69) is 4.74 Å². The van der Waals surface area contributed by atoms with E-state index in [1.165, 1.54) is 6.08 Å². The summed E-state index contributed by atoms with van der Waals surface area (Å²) < 4.78 is 4.46. The van der Waals surface area contributed by atoms with Crippen LogP contribution in [0.1, 0.15) is 20.8 Å². The Morgan fingerprint density at radius 1 is 1.38 bits per heavy atom. The highest BCUT2D eigenvalue weighted by Crippen LogP contribution is 2.06. The van der Waals surface area contributed by atoms with Crippen LogP contribution in [0.15, 0.2) is 11.6 Å². The summed E-state index contributed by atoms with van der Waals surface area (Å²) in [6.45, 7) is 4.54. The molecule has 0 heterocycles. The van der Waals surface area contributed by atoms with Crippen molar-refractivity contribution in [1.29, 1.82) is 0 Å². The van der Waals surface area contributed by atoms with Crippen LogP contribution in [0.25, 0.3) is 0 Å². The molecular formula is C8H14O5. The molecule has 5 nitrogen and oxygen atoms in total. The van der Waals surface area contributed by atoms with Crippen molar-refractivity contribution in [3.63, 3.8) is 0 Å². The third kappa shape index (κ3) is 5.35. The number of rotatable bonds is 3. The van der Waals surface area contributed by atoms with E-state index in [4.69, 9.17) is 15.3 Å². The first-order valence-electron chi connectivity index (χ1n) is 3.76. The van der Waals surface area contributed by atoms with Crippen LogP contribution >= 0.6 is 0 Å². The normalized spacial score (nSPS) is 13.4. The third-order valence-electron chi connectivity index (χ3n) is 1.24. The zero-order valence-corrected chi connectivity index (χ0v) is 7.81. The molecule has 0 amide bonds. The van der Waals surface area contributed by atoms with E-state index in [0.717, 1.165) is 12.5 Å². The number of esters is 1. The van der Waals surface area contributed by atoms with Gasteiger partial charge in [-0.1, -0.05) is 5.57 Å². The molecule has 0 aromatic carbocycles. The number of carbonyl (C=O) groups is 1. The van der Waals surface area contributed by atoms with Gasteiger partial charge in [0.2, 0.25) is 0 Å². The number of aliphatic hydroxyl groups is 3. The molecular weight excluding hydrogens is 176 g/mol. The minimum absolute atomic E-state index is 0.719. The summed E-state index contributed by atoms with van der Waals surface area (Å²) in [4.78, 5) is 10.9. The fourth-order valence-electron chi connectivity index (χ4n) is 0.523. The van der Waals surface area contributed by atoms with Gasteiger partial charge in [0.15, 0.2) is 6.10 Å². The lowest BCUT2D eigenvalue weighted by Crippen LogP contribution is -2.42. The molecule has 0 spiro atoms. The molecule has 0 aromatic heterocycles. The maximum Gasteiger partial charge on any atom is 0.331 e. The average Bonchev–Trinajstić information content (AvgIpc) is 1.82. The second-order valence-corrected chi connectivity index (χ2v) is 2.99. The van der Waals surface area contributed by atoms with Gasteiger partial charge < -0.3 is 20.1 Å². The van der Waals surface area contributed by atoms with Crippen molar-refractivity contribution in [2.24, 2.45) is 0 Å². The molecule has 0 rings (SSSR count). The Morgan fingerprint density at radius 3 is 2.15 bits per heavy atom. The Hall–Kier alpha value is -0.910. The van der Waals surface area contributed by atoms with Crippen molar-refractivity contribution in [2.75, 3.05) is 0 Å². The fourth-order valence-corrected chi connectivity index (χ4v) is 0.523. The molecule has 1 unspecified atom stereocenters. The molecule has 0 bridgehead atoms. The summed E-state index contributed by atoms with van der Waals surface area (Å²) in [5, 5.41) is 25.7. The molecule has 0 radical (unpaired) electrons. The van der Waals surface area contributed by atoms with Gasteiger partial charge in [-0.3, -0.25) is 0 Å². The summed E-state index contributed by atoms with van der Waals surface area (Å²) in [7, 11) is 0. The predicted molar refractivity (Wildman–Crippen MR) is 44.4 cm³/mol. The van der Waals surface area contributed by atoms with Crippen LogP contribution in [0.4, 0.5) is 0 Å². The Kier molecular flexibility index (Phi) is 4.06. The zero-order chi connectivity index (χ0) is 10.6. The molecule has 76 valence electrons. The minimum atomic E-state index is -2.99. The van der Waals surface area contributed by atoms with Crippen LogP contribution in [0.5, 0.6) is 0 Å². The minimum Gasteiger partial charge on any atom is -0.451 e. The van der Waals surface area contributed by atoms with E-state index < -0.39 is 18.0 Å². The summed E-state index contributed by atoms with van der Waals surface area (Å²) in [5.74, 6) is -3.72. The maximum atomic E-state index is 10.9. The number of hydrogen-bond donors (Lipinski definition) is 3. The summed E-state index contributed by atoms with van der Waals surface area (Å²) in [6.07, 6.45) is -0.210. The summed E-state index contributed by atoms with van der Waals surface area (Å²) in [6, 6.07) is 0. The molecule has 13 heavy (non-hydrogen) atoms. The molecule has 1 atom stereocenters. The lowest BCUT2D eigenvalue weighted by Gasteiger charge is -2.21. The van der Waals surface area contributed by atoms with Crippen molar-refractivity contribution in [2.45, 2.75) is 32.8 Å². The summed E-state index contributed by atoms with van der Waals surface area (Å²) >= 11 is 0. The Bertz CT molecular complexity index is 209. The highest BCUT2D eigenvalue weighted by molar-refractivity contribution is 5.82. The molecule has 5 heteroatoms. The Morgan fingerprint density at radius 2 is 1.85 bits per heavy atom. The molecule has 0 fully saturated rings. The van der Waals surface area contributed by atoms with Crippen molar-refractivity contribution in [3.8, 4) is 0 Å². The monoisotopic (exact) mass is 190 g/mol. The van der Waals surface area contributed by atoms with Gasteiger partial charge in [0.05, 0.1) is 0 Å². The maximum absolute atomic E-state index is 10.9. The molecule has 0 aliphatic rings. The Labute approximate surface area is 76.3 Å². The van der Waals surface area contributed by atoms with Gasteiger partial charge in [-0.25, -0.2) is 4.79 Å². The van der Waals surface area contributed by atoms with Gasteiger partial charge in [0, 0.05) is 6.08 Å². The first-order valence-corrected chi connectivity index (χ1v) is 3.76. The quantitative estimate of drug-likeness (QED) is 0.318. The second kappa shape index (κ2) is 4.36. The lowest BCUT2D eigenvalue weighted by molar-refractivity contribution is -0.351. The SMILES string of the molecule is CC(C)=CC(=O)OC(C)C(O)(O)O. The molecule has 0 saturated carbocycles. The summed E-state index contributed by atoms with van der Waals surface area (Å²) in [5.41, 5.74) is 0.719. The van der Waals surface area contributed by atoms with Crippen molar-refractivity contribution >= 4 is 5.97 Å². The van der Waals surface area contributed by atoms with E-state index >= 15 is 0 Å². The van der Waals surface area contributed by atoms with Gasteiger partial charge in [-0.2, -0.15) is 0 Å².